The van der Waals surface area contributed by atoms with Crippen LogP contribution in [0.3, 0.4) is 0 Å². The van der Waals surface area contributed by atoms with Crippen LogP contribution in [0.15, 0.2) is 11.6 Å². The normalized spacial score (nSPS) is 22.6. The van der Waals surface area contributed by atoms with E-state index in [0.717, 1.165) is 19.3 Å². The molecule has 4 heteroatoms. The molecule has 0 aromatic carbocycles. The monoisotopic (exact) mass is 226 g/mol. The van der Waals surface area contributed by atoms with Gasteiger partial charge in [-0.25, -0.2) is 0 Å². The van der Waals surface area contributed by atoms with E-state index < -0.39 is 0 Å². The Bertz CT molecular complexity index is 300. The van der Waals surface area contributed by atoms with Crippen molar-refractivity contribution < 1.29 is 19.1 Å². The summed E-state index contributed by atoms with van der Waals surface area (Å²) in [7, 11) is 0. The van der Waals surface area contributed by atoms with E-state index in [1.807, 2.05) is 6.92 Å². The van der Waals surface area contributed by atoms with Gasteiger partial charge in [0, 0.05) is 0 Å². The predicted molar refractivity (Wildman–Crippen MR) is 57.4 cm³/mol. The average molecular weight is 226 g/mol. The van der Waals surface area contributed by atoms with Gasteiger partial charge in [0.05, 0.1) is 12.0 Å². The van der Waals surface area contributed by atoms with Crippen LogP contribution in [0, 0.1) is 5.41 Å². The maximum Gasteiger partial charge on any atom is 0.373 e. The van der Waals surface area contributed by atoms with Gasteiger partial charge in [0.25, 0.3) is 0 Å². The van der Waals surface area contributed by atoms with E-state index in [-0.39, 0.29) is 17.5 Å². The molecule has 0 bridgehead atoms. The van der Waals surface area contributed by atoms with E-state index in [1.165, 1.54) is 5.57 Å². The first-order chi connectivity index (χ1) is 7.56. The van der Waals surface area contributed by atoms with Gasteiger partial charge < -0.3 is 4.74 Å². The van der Waals surface area contributed by atoms with E-state index in [2.05, 4.69) is 19.9 Å². The third-order valence-electron chi connectivity index (χ3n) is 2.84. The molecule has 0 aromatic heterocycles. The number of allylic oxidation sites excluding steroid dienone is 2. The summed E-state index contributed by atoms with van der Waals surface area (Å²) >= 11 is 0. The zero-order chi connectivity index (χ0) is 12.6. The van der Waals surface area contributed by atoms with Crippen LogP contribution in [0.4, 0.5) is 0 Å². The fourth-order valence-electron chi connectivity index (χ4n) is 1.90. The second-order valence-corrected chi connectivity index (χ2v) is 3.87. The summed E-state index contributed by atoms with van der Waals surface area (Å²) in [4.78, 5) is 27.9. The van der Waals surface area contributed by atoms with Gasteiger partial charge in [0.15, 0.2) is 0 Å². The van der Waals surface area contributed by atoms with Gasteiger partial charge in [-0.05, 0) is 33.1 Å². The minimum atomic E-state index is -0.236. The zero-order valence-electron chi connectivity index (χ0n) is 10.0. The maximum atomic E-state index is 11.7. The topological polar surface area (TPSA) is 60.4 Å². The number of esters is 1. The molecule has 0 saturated carbocycles. The van der Waals surface area contributed by atoms with Crippen LogP contribution < -0.4 is 0 Å². The van der Waals surface area contributed by atoms with Crippen LogP contribution >= 0.6 is 0 Å². The van der Waals surface area contributed by atoms with Crippen LogP contribution in [0.2, 0.25) is 0 Å². The van der Waals surface area contributed by atoms with Crippen molar-refractivity contribution in [2.75, 3.05) is 6.61 Å². The van der Waals surface area contributed by atoms with Crippen molar-refractivity contribution in [3.8, 4) is 0 Å². The Kier molecular flexibility index (Phi) is 6.35. The first-order valence-electron chi connectivity index (χ1n) is 5.38. The average Bonchev–Trinajstić information content (AvgIpc) is 2.63. The second kappa shape index (κ2) is 6.96. The Hall–Kier alpha value is -1.41. The third kappa shape index (κ3) is 3.63. The number of ether oxygens (including phenoxy) is 1. The van der Waals surface area contributed by atoms with Gasteiger partial charge in [-0.3, -0.25) is 4.79 Å². The Morgan fingerprint density at radius 3 is 2.38 bits per heavy atom. The fraction of sp³-hybridized carbons (Fsp3) is 0.667. The Labute approximate surface area is 95.7 Å². The molecular formula is C12H18O4. The number of rotatable bonds is 3. The van der Waals surface area contributed by atoms with Crippen molar-refractivity contribution >= 4 is 12.1 Å². The zero-order valence-corrected chi connectivity index (χ0v) is 10.0. The molecule has 90 valence electrons. The molecular weight excluding hydrogens is 208 g/mol. The lowest BCUT2D eigenvalue weighted by atomic mass is 9.82. The van der Waals surface area contributed by atoms with E-state index in [4.69, 9.17) is 14.3 Å². The molecule has 4 nitrogen and oxygen atoms in total. The molecule has 1 rings (SSSR count). The van der Waals surface area contributed by atoms with Crippen molar-refractivity contribution in [3.05, 3.63) is 11.6 Å². The highest BCUT2D eigenvalue weighted by Crippen LogP contribution is 2.41. The number of carbonyl (C=O) groups is 1. The molecule has 0 heterocycles. The van der Waals surface area contributed by atoms with Gasteiger partial charge in [0.2, 0.25) is 0 Å². The van der Waals surface area contributed by atoms with Crippen molar-refractivity contribution in [1.82, 2.24) is 0 Å². The second-order valence-electron chi connectivity index (χ2n) is 3.87. The molecule has 0 fully saturated rings. The highest BCUT2D eigenvalue weighted by Gasteiger charge is 2.40. The molecule has 16 heavy (non-hydrogen) atoms. The first kappa shape index (κ1) is 14.6. The van der Waals surface area contributed by atoms with Gasteiger partial charge in [-0.15, -0.1) is 0 Å². The molecule has 1 atom stereocenters. The Morgan fingerprint density at radius 2 is 2.06 bits per heavy atom. The summed E-state index contributed by atoms with van der Waals surface area (Å²) in [5.41, 5.74) is 1.08. The van der Waals surface area contributed by atoms with Gasteiger partial charge >= 0.3 is 12.1 Å². The molecule has 0 radical (unpaired) electrons. The first-order valence-corrected chi connectivity index (χ1v) is 5.38. The minimum Gasteiger partial charge on any atom is -0.466 e. The lowest BCUT2D eigenvalue weighted by Gasteiger charge is -2.24. The van der Waals surface area contributed by atoms with Gasteiger partial charge in [-0.1, -0.05) is 18.6 Å². The minimum absolute atomic E-state index is 0.0226. The largest absolute Gasteiger partial charge is 0.466 e. The standard InChI is InChI=1S/C11H18O2.CO2/c1-4-11(10(12)13-5-2)7-6-9(3)8-11;2-1-3/h6H,4-5,7-8H2,1-3H3;. The summed E-state index contributed by atoms with van der Waals surface area (Å²) in [5, 5.41) is 0. The SMILES string of the molecule is CCOC(=O)C1(CC)CC=C(C)C1.O=C=O. The third-order valence-corrected chi connectivity index (χ3v) is 2.84. The maximum absolute atomic E-state index is 11.7. The number of hydrogen-bond donors (Lipinski definition) is 0. The lowest BCUT2D eigenvalue weighted by molar-refractivity contribution is -0.191. The predicted octanol–water partition coefficient (Wildman–Crippen LogP) is 2.10. The summed E-state index contributed by atoms with van der Waals surface area (Å²) in [6, 6.07) is 0. The van der Waals surface area contributed by atoms with Gasteiger partial charge in [-0.2, -0.15) is 9.59 Å². The molecule has 1 aliphatic carbocycles. The van der Waals surface area contributed by atoms with Crippen molar-refractivity contribution in [1.29, 1.82) is 0 Å². The van der Waals surface area contributed by atoms with Crippen LogP contribution in [-0.2, 0) is 19.1 Å². The van der Waals surface area contributed by atoms with E-state index >= 15 is 0 Å². The molecule has 0 saturated heterocycles. The molecule has 0 amide bonds. The van der Waals surface area contributed by atoms with Crippen LogP contribution in [0.25, 0.3) is 0 Å². The quantitative estimate of drug-likeness (QED) is 0.546. The van der Waals surface area contributed by atoms with Crippen LogP contribution in [0.1, 0.15) is 40.0 Å². The van der Waals surface area contributed by atoms with E-state index in [1.54, 1.807) is 0 Å². The molecule has 0 spiro atoms. The van der Waals surface area contributed by atoms with E-state index in [9.17, 15) is 4.79 Å². The van der Waals surface area contributed by atoms with E-state index in [0.29, 0.717) is 6.61 Å². The summed E-state index contributed by atoms with van der Waals surface area (Å²) in [5.74, 6) is -0.0226. The lowest BCUT2D eigenvalue weighted by Crippen LogP contribution is -2.30. The molecule has 1 unspecified atom stereocenters. The summed E-state index contributed by atoms with van der Waals surface area (Å²) in [6.07, 6.45) is 5.01. The number of hydrogen-bond acceptors (Lipinski definition) is 4. The van der Waals surface area contributed by atoms with Gasteiger partial charge in [0.1, 0.15) is 0 Å². The fourth-order valence-corrected chi connectivity index (χ4v) is 1.90. The molecule has 0 aliphatic heterocycles. The molecule has 1 aliphatic rings. The summed E-state index contributed by atoms with van der Waals surface area (Å²) in [6.45, 7) is 6.48. The molecule has 0 N–H and O–H groups in total. The highest BCUT2D eigenvalue weighted by molar-refractivity contribution is 5.78. The van der Waals surface area contributed by atoms with Crippen molar-refractivity contribution in [3.63, 3.8) is 0 Å². The smallest absolute Gasteiger partial charge is 0.373 e. The summed E-state index contributed by atoms with van der Waals surface area (Å²) < 4.78 is 5.10. The van der Waals surface area contributed by atoms with Crippen molar-refractivity contribution in [2.24, 2.45) is 5.41 Å². The van der Waals surface area contributed by atoms with Crippen LogP contribution in [-0.4, -0.2) is 18.7 Å². The molecule has 0 aromatic rings. The van der Waals surface area contributed by atoms with Crippen LogP contribution in [0.5, 0.6) is 0 Å². The Morgan fingerprint density at radius 1 is 1.50 bits per heavy atom. The number of carbonyl (C=O) groups excluding carboxylic acids is 3. The van der Waals surface area contributed by atoms with Crippen molar-refractivity contribution in [2.45, 2.75) is 40.0 Å². The Balaban J connectivity index is 0.000000673. The highest BCUT2D eigenvalue weighted by atomic mass is 16.5.